The lowest BCUT2D eigenvalue weighted by Gasteiger charge is -2.00. The highest BCUT2D eigenvalue weighted by Crippen LogP contribution is 2.21. The molecule has 0 amide bonds. The summed E-state index contributed by atoms with van der Waals surface area (Å²) in [5.41, 5.74) is 4.14. The van der Waals surface area contributed by atoms with E-state index in [0.717, 1.165) is 28.1 Å². The van der Waals surface area contributed by atoms with Gasteiger partial charge in [0, 0.05) is 11.1 Å². The van der Waals surface area contributed by atoms with Crippen molar-refractivity contribution in [3.05, 3.63) is 35.8 Å². The van der Waals surface area contributed by atoms with Crippen molar-refractivity contribution >= 4 is 21.9 Å². The highest BCUT2D eigenvalue weighted by Gasteiger charge is 2.05. The maximum absolute atomic E-state index is 4.44. The summed E-state index contributed by atoms with van der Waals surface area (Å²) >= 11 is 0. The largest absolute Gasteiger partial charge is 0.357 e. The van der Waals surface area contributed by atoms with Crippen molar-refractivity contribution in [2.45, 2.75) is 13.8 Å². The zero-order valence-electron chi connectivity index (χ0n) is 8.70. The van der Waals surface area contributed by atoms with Gasteiger partial charge in [-0.3, -0.25) is 0 Å². The molecular formula is C12H11N3. The second kappa shape index (κ2) is 2.79. The Hall–Kier alpha value is -1.90. The Morgan fingerprint density at radius 1 is 1.00 bits per heavy atom. The van der Waals surface area contributed by atoms with Crippen LogP contribution in [0.3, 0.4) is 0 Å². The number of aromatic nitrogens is 3. The van der Waals surface area contributed by atoms with E-state index < -0.39 is 0 Å². The van der Waals surface area contributed by atoms with Gasteiger partial charge in [0.1, 0.15) is 11.3 Å². The Morgan fingerprint density at radius 2 is 1.80 bits per heavy atom. The first-order chi connectivity index (χ1) is 7.24. The Kier molecular flexibility index (Phi) is 1.57. The third kappa shape index (κ3) is 1.20. The first kappa shape index (κ1) is 8.41. The van der Waals surface area contributed by atoms with Crippen LogP contribution in [0.15, 0.2) is 24.3 Å². The average molecular weight is 197 g/mol. The Bertz CT molecular complexity index is 652. The Balaban J connectivity index is 2.56. The lowest BCUT2D eigenvalue weighted by atomic mass is 10.2. The third-order valence-corrected chi connectivity index (χ3v) is 2.58. The number of nitrogens with zero attached hydrogens (tertiary/aromatic N) is 2. The molecule has 3 heteroatoms. The van der Waals surface area contributed by atoms with Crippen LogP contribution in [0.5, 0.6) is 0 Å². The fourth-order valence-corrected chi connectivity index (χ4v) is 1.88. The minimum absolute atomic E-state index is 0.826. The predicted octanol–water partition coefficient (Wildman–Crippen LogP) is 2.73. The van der Waals surface area contributed by atoms with Crippen LogP contribution in [-0.4, -0.2) is 15.0 Å². The smallest absolute Gasteiger partial charge is 0.126 e. The molecule has 0 aliphatic rings. The molecule has 0 radical (unpaired) electrons. The third-order valence-electron chi connectivity index (χ3n) is 2.58. The molecule has 0 saturated carbocycles. The van der Waals surface area contributed by atoms with Crippen molar-refractivity contribution < 1.29 is 0 Å². The highest BCUT2D eigenvalue weighted by atomic mass is 14.9. The second-order valence-electron chi connectivity index (χ2n) is 3.81. The van der Waals surface area contributed by atoms with Gasteiger partial charge in [0.2, 0.25) is 0 Å². The number of fused-ring (bicyclic) bond motifs is 3. The molecule has 1 aromatic carbocycles. The number of aryl methyl sites for hydroxylation is 2. The van der Waals surface area contributed by atoms with E-state index >= 15 is 0 Å². The summed E-state index contributed by atoms with van der Waals surface area (Å²) in [5, 5.41) is 1.17. The average Bonchev–Trinajstić information content (AvgIpc) is 2.58. The molecule has 74 valence electrons. The van der Waals surface area contributed by atoms with Gasteiger partial charge in [0.15, 0.2) is 0 Å². The fourth-order valence-electron chi connectivity index (χ4n) is 1.88. The molecule has 2 aromatic heterocycles. The molecule has 3 rings (SSSR count). The fraction of sp³-hybridized carbons (Fsp3) is 0.167. The Labute approximate surface area is 87.2 Å². The van der Waals surface area contributed by atoms with Crippen molar-refractivity contribution in [2.75, 3.05) is 0 Å². The summed E-state index contributed by atoms with van der Waals surface area (Å²) in [7, 11) is 0. The first-order valence-corrected chi connectivity index (χ1v) is 4.97. The standard InChI is InChI=1S/C12H11N3/c1-7-3-4-9-5-6-10-12(11(9)13-7)15-8(2)14-10/h3-6,13H,1-2H3. The van der Waals surface area contributed by atoms with E-state index in [-0.39, 0.29) is 0 Å². The molecule has 0 spiro atoms. The van der Waals surface area contributed by atoms with E-state index in [2.05, 4.69) is 33.2 Å². The van der Waals surface area contributed by atoms with Crippen molar-refractivity contribution in [3.8, 4) is 0 Å². The number of hydrogen-bond donors (Lipinski definition) is 1. The monoisotopic (exact) mass is 197 g/mol. The van der Waals surface area contributed by atoms with Gasteiger partial charge in [0.05, 0.1) is 11.0 Å². The number of aromatic amines is 1. The molecule has 3 aromatic rings. The summed E-state index contributed by atoms with van der Waals surface area (Å²) in [6.45, 7) is 3.96. The van der Waals surface area contributed by atoms with Crippen LogP contribution in [0.4, 0.5) is 0 Å². The van der Waals surface area contributed by atoms with Crippen LogP contribution < -0.4 is 0 Å². The van der Waals surface area contributed by atoms with Gasteiger partial charge in [-0.05, 0) is 26.0 Å². The van der Waals surface area contributed by atoms with Crippen LogP contribution in [0.2, 0.25) is 0 Å². The molecule has 0 fully saturated rings. The number of hydrogen-bond acceptors (Lipinski definition) is 2. The SMILES string of the molecule is Cc1nc2ccc3ccc(C)[nH]c3c2n1. The molecule has 0 saturated heterocycles. The minimum Gasteiger partial charge on any atom is -0.357 e. The van der Waals surface area contributed by atoms with Gasteiger partial charge in [0.25, 0.3) is 0 Å². The summed E-state index contributed by atoms with van der Waals surface area (Å²) in [4.78, 5) is 12.1. The number of benzene rings is 1. The van der Waals surface area contributed by atoms with Gasteiger partial charge in [-0.2, -0.15) is 0 Å². The van der Waals surface area contributed by atoms with Crippen LogP contribution in [0.1, 0.15) is 11.5 Å². The topological polar surface area (TPSA) is 41.6 Å². The summed E-state index contributed by atoms with van der Waals surface area (Å²) in [6.07, 6.45) is 0. The first-order valence-electron chi connectivity index (χ1n) is 4.97. The predicted molar refractivity (Wildman–Crippen MR) is 60.9 cm³/mol. The van der Waals surface area contributed by atoms with Crippen molar-refractivity contribution in [1.29, 1.82) is 0 Å². The molecule has 15 heavy (non-hydrogen) atoms. The highest BCUT2D eigenvalue weighted by molar-refractivity contribution is 6.01. The van der Waals surface area contributed by atoms with E-state index in [0.29, 0.717) is 0 Å². The minimum atomic E-state index is 0.826. The zero-order chi connectivity index (χ0) is 10.4. The van der Waals surface area contributed by atoms with E-state index in [1.807, 2.05) is 19.9 Å². The van der Waals surface area contributed by atoms with Gasteiger partial charge in [-0.25, -0.2) is 9.97 Å². The van der Waals surface area contributed by atoms with E-state index in [4.69, 9.17) is 0 Å². The van der Waals surface area contributed by atoms with Crippen LogP contribution in [-0.2, 0) is 0 Å². The lowest BCUT2D eigenvalue weighted by molar-refractivity contribution is 1.17. The van der Waals surface area contributed by atoms with E-state index in [9.17, 15) is 0 Å². The van der Waals surface area contributed by atoms with Crippen molar-refractivity contribution in [1.82, 2.24) is 15.0 Å². The Morgan fingerprint density at radius 3 is 2.67 bits per heavy atom. The van der Waals surface area contributed by atoms with Crippen LogP contribution in [0.25, 0.3) is 21.9 Å². The number of imidazole rings is 1. The number of H-pyrrole nitrogens is 1. The van der Waals surface area contributed by atoms with Gasteiger partial charge in [-0.15, -0.1) is 0 Å². The van der Waals surface area contributed by atoms with E-state index in [1.165, 1.54) is 5.39 Å². The normalized spacial score (nSPS) is 11.3. The molecule has 3 nitrogen and oxygen atoms in total. The van der Waals surface area contributed by atoms with Crippen molar-refractivity contribution in [2.24, 2.45) is 0 Å². The lowest BCUT2D eigenvalue weighted by Crippen LogP contribution is -1.84. The molecule has 0 aliphatic carbocycles. The maximum atomic E-state index is 4.44. The molecule has 0 atom stereocenters. The van der Waals surface area contributed by atoms with Crippen molar-refractivity contribution in [3.63, 3.8) is 0 Å². The molecule has 2 heterocycles. The number of nitrogens with one attached hydrogen (secondary N) is 1. The second-order valence-corrected chi connectivity index (χ2v) is 3.81. The maximum Gasteiger partial charge on any atom is 0.126 e. The summed E-state index contributed by atoms with van der Waals surface area (Å²) in [5.74, 6) is 0.826. The number of rotatable bonds is 0. The molecule has 1 N–H and O–H groups in total. The zero-order valence-corrected chi connectivity index (χ0v) is 8.70. The molecule has 0 bridgehead atoms. The van der Waals surface area contributed by atoms with Crippen LogP contribution in [0, 0.1) is 13.8 Å². The van der Waals surface area contributed by atoms with Crippen LogP contribution >= 0.6 is 0 Å². The number of pyridine rings is 1. The molecule has 0 unspecified atom stereocenters. The molecular weight excluding hydrogens is 186 g/mol. The molecule has 0 aliphatic heterocycles. The summed E-state index contributed by atoms with van der Waals surface area (Å²) in [6, 6.07) is 8.25. The van der Waals surface area contributed by atoms with Gasteiger partial charge < -0.3 is 4.98 Å². The quantitative estimate of drug-likeness (QED) is 0.602. The van der Waals surface area contributed by atoms with Gasteiger partial charge in [-0.1, -0.05) is 12.1 Å². The summed E-state index contributed by atoms with van der Waals surface area (Å²) < 4.78 is 0. The van der Waals surface area contributed by atoms with E-state index in [1.54, 1.807) is 0 Å². The van der Waals surface area contributed by atoms with Gasteiger partial charge >= 0.3 is 0 Å².